The van der Waals surface area contributed by atoms with Crippen molar-refractivity contribution in [3.8, 4) is 17.2 Å². The van der Waals surface area contributed by atoms with Gasteiger partial charge in [-0.25, -0.2) is 0 Å². The fourth-order valence-electron chi connectivity index (χ4n) is 3.06. The molecule has 0 aliphatic carbocycles. The second-order valence-corrected chi connectivity index (χ2v) is 6.67. The van der Waals surface area contributed by atoms with Crippen LogP contribution in [0.5, 0.6) is 17.2 Å². The first kappa shape index (κ1) is 15.7. The lowest BCUT2D eigenvalue weighted by atomic mass is 9.85. The molecule has 2 aromatic carbocycles. The van der Waals surface area contributed by atoms with E-state index >= 15 is 0 Å². The summed E-state index contributed by atoms with van der Waals surface area (Å²) in [5.41, 5.74) is 3.51. The van der Waals surface area contributed by atoms with Crippen molar-refractivity contribution < 1.29 is 14.6 Å². The molecule has 0 aromatic heterocycles. The van der Waals surface area contributed by atoms with Crippen LogP contribution in [0, 0.1) is 18.8 Å². The second-order valence-electron chi connectivity index (χ2n) is 6.67. The van der Waals surface area contributed by atoms with Crippen LogP contribution in [-0.4, -0.2) is 11.9 Å². The molecular weight excluding hydrogens is 288 g/mol. The number of benzene rings is 2. The molecule has 1 heterocycles. The van der Waals surface area contributed by atoms with Crippen LogP contribution in [0.3, 0.4) is 0 Å². The van der Waals surface area contributed by atoms with Gasteiger partial charge >= 0.3 is 0 Å². The summed E-state index contributed by atoms with van der Waals surface area (Å²) in [6.45, 7) is 6.85. The molecule has 0 saturated heterocycles. The zero-order valence-electron chi connectivity index (χ0n) is 14.0. The highest BCUT2D eigenvalue weighted by molar-refractivity contribution is 5.44. The predicted octanol–water partition coefficient (Wildman–Crippen LogP) is 4.49. The lowest BCUT2D eigenvalue weighted by Crippen LogP contribution is -2.13. The maximum absolute atomic E-state index is 9.64. The number of phenolic OH excluding ortho intramolecular Hbond substituents is 1. The first-order valence-electron chi connectivity index (χ1n) is 8.20. The van der Waals surface area contributed by atoms with Crippen molar-refractivity contribution in [3.63, 3.8) is 0 Å². The Hall–Kier alpha value is -2.16. The molecule has 0 fully saturated rings. The Bertz CT molecular complexity index is 693. The Balaban J connectivity index is 1.63. The lowest BCUT2D eigenvalue weighted by Gasteiger charge is -2.20. The first-order valence-corrected chi connectivity index (χ1v) is 8.20. The van der Waals surface area contributed by atoms with Gasteiger partial charge in [-0.2, -0.15) is 0 Å². The monoisotopic (exact) mass is 312 g/mol. The van der Waals surface area contributed by atoms with Crippen molar-refractivity contribution in [2.75, 3.05) is 6.79 Å². The number of ether oxygens (including phenoxy) is 2. The van der Waals surface area contributed by atoms with Gasteiger partial charge in [0.05, 0.1) is 0 Å². The van der Waals surface area contributed by atoms with E-state index in [0.29, 0.717) is 24.4 Å². The quantitative estimate of drug-likeness (QED) is 0.884. The van der Waals surface area contributed by atoms with Gasteiger partial charge in [-0.05, 0) is 66.5 Å². The van der Waals surface area contributed by atoms with Gasteiger partial charge in [0.15, 0.2) is 11.5 Å². The number of fused-ring (bicyclic) bond motifs is 1. The molecule has 2 atom stereocenters. The minimum Gasteiger partial charge on any atom is -0.508 e. The van der Waals surface area contributed by atoms with Crippen molar-refractivity contribution in [2.45, 2.75) is 33.6 Å². The number of aromatic hydroxyl groups is 1. The van der Waals surface area contributed by atoms with Crippen LogP contribution in [0.1, 0.15) is 30.5 Å². The van der Waals surface area contributed by atoms with E-state index < -0.39 is 0 Å². The van der Waals surface area contributed by atoms with Crippen molar-refractivity contribution in [1.82, 2.24) is 0 Å². The summed E-state index contributed by atoms with van der Waals surface area (Å²) in [6.07, 6.45) is 2.04. The molecule has 1 N–H and O–H groups in total. The lowest BCUT2D eigenvalue weighted by molar-refractivity contribution is 0.174. The van der Waals surface area contributed by atoms with Crippen LogP contribution >= 0.6 is 0 Å². The van der Waals surface area contributed by atoms with Gasteiger partial charge in [0.2, 0.25) is 6.79 Å². The average molecular weight is 312 g/mol. The number of rotatable bonds is 5. The third-order valence-corrected chi connectivity index (χ3v) is 4.78. The molecule has 3 heteroatoms. The van der Waals surface area contributed by atoms with E-state index in [2.05, 4.69) is 32.0 Å². The molecule has 2 aromatic rings. The SMILES string of the molecule is Cc1cc(C[C@H](C)[C@H](C)Cc2ccc3c(c2)OCO3)ccc1O. The molecule has 23 heavy (non-hydrogen) atoms. The Kier molecular flexibility index (Phi) is 4.46. The zero-order chi connectivity index (χ0) is 16.4. The normalized spacial score (nSPS) is 15.4. The largest absolute Gasteiger partial charge is 0.508 e. The summed E-state index contributed by atoms with van der Waals surface area (Å²) in [6, 6.07) is 12.1. The minimum atomic E-state index is 0.324. The summed E-state index contributed by atoms with van der Waals surface area (Å²) in [7, 11) is 0. The van der Waals surface area contributed by atoms with Gasteiger partial charge in [0.1, 0.15) is 5.75 Å². The number of hydrogen-bond acceptors (Lipinski definition) is 3. The zero-order valence-corrected chi connectivity index (χ0v) is 14.0. The van der Waals surface area contributed by atoms with E-state index in [1.807, 2.05) is 19.1 Å². The van der Waals surface area contributed by atoms with Crippen LogP contribution in [0.15, 0.2) is 36.4 Å². The number of hydrogen-bond donors (Lipinski definition) is 1. The summed E-state index contributed by atoms with van der Waals surface area (Å²) >= 11 is 0. The molecule has 122 valence electrons. The standard InChI is InChI=1S/C20H24O3/c1-13(8-16-4-6-18(21)15(3)10-16)14(2)9-17-5-7-19-20(11-17)23-12-22-19/h4-7,10-11,13-14,21H,8-9,12H2,1-3H3/t13-,14+/m0/s1. The Labute approximate surface area is 137 Å². The van der Waals surface area contributed by atoms with E-state index in [9.17, 15) is 5.11 Å². The Morgan fingerprint density at radius 3 is 2.22 bits per heavy atom. The molecule has 3 nitrogen and oxygen atoms in total. The Morgan fingerprint density at radius 2 is 1.52 bits per heavy atom. The van der Waals surface area contributed by atoms with E-state index in [-0.39, 0.29) is 0 Å². The van der Waals surface area contributed by atoms with E-state index in [0.717, 1.165) is 29.9 Å². The molecule has 1 aliphatic rings. The van der Waals surface area contributed by atoms with Gasteiger partial charge in [0.25, 0.3) is 0 Å². The smallest absolute Gasteiger partial charge is 0.231 e. The van der Waals surface area contributed by atoms with Crippen LogP contribution in [-0.2, 0) is 12.8 Å². The van der Waals surface area contributed by atoms with E-state index in [1.165, 1.54) is 11.1 Å². The van der Waals surface area contributed by atoms with Gasteiger partial charge < -0.3 is 14.6 Å². The summed E-state index contributed by atoms with van der Waals surface area (Å²) in [4.78, 5) is 0. The average Bonchev–Trinajstić information content (AvgIpc) is 2.98. The van der Waals surface area contributed by atoms with Crippen LogP contribution < -0.4 is 9.47 Å². The molecule has 0 spiro atoms. The fourth-order valence-corrected chi connectivity index (χ4v) is 3.06. The summed E-state index contributed by atoms with van der Waals surface area (Å²) in [5.74, 6) is 3.19. The van der Waals surface area contributed by atoms with Crippen LogP contribution in [0.25, 0.3) is 0 Å². The molecule has 3 rings (SSSR count). The molecular formula is C20H24O3. The predicted molar refractivity (Wildman–Crippen MR) is 91.1 cm³/mol. The Morgan fingerprint density at radius 1 is 0.913 bits per heavy atom. The van der Waals surface area contributed by atoms with Gasteiger partial charge in [-0.3, -0.25) is 0 Å². The van der Waals surface area contributed by atoms with Crippen LogP contribution in [0.4, 0.5) is 0 Å². The molecule has 0 saturated carbocycles. The molecule has 0 bridgehead atoms. The van der Waals surface area contributed by atoms with E-state index in [4.69, 9.17) is 9.47 Å². The van der Waals surface area contributed by atoms with Crippen molar-refractivity contribution in [2.24, 2.45) is 11.8 Å². The highest BCUT2D eigenvalue weighted by Gasteiger charge is 2.17. The van der Waals surface area contributed by atoms with Gasteiger partial charge in [-0.1, -0.05) is 32.0 Å². The summed E-state index contributed by atoms with van der Waals surface area (Å²) < 4.78 is 10.8. The van der Waals surface area contributed by atoms with Gasteiger partial charge in [0, 0.05) is 0 Å². The van der Waals surface area contributed by atoms with Crippen molar-refractivity contribution in [1.29, 1.82) is 0 Å². The first-order chi connectivity index (χ1) is 11.0. The maximum Gasteiger partial charge on any atom is 0.231 e. The van der Waals surface area contributed by atoms with Gasteiger partial charge in [-0.15, -0.1) is 0 Å². The molecule has 1 aliphatic heterocycles. The highest BCUT2D eigenvalue weighted by Crippen LogP contribution is 2.34. The minimum absolute atomic E-state index is 0.324. The second kappa shape index (κ2) is 6.53. The molecule has 0 amide bonds. The van der Waals surface area contributed by atoms with Crippen molar-refractivity contribution in [3.05, 3.63) is 53.1 Å². The molecule has 0 unspecified atom stereocenters. The maximum atomic E-state index is 9.64. The third kappa shape index (κ3) is 3.61. The third-order valence-electron chi connectivity index (χ3n) is 4.78. The number of phenols is 1. The molecule has 0 radical (unpaired) electrons. The topological polar surface area (TPSA) is 38.7 Å². The van der Waals surface area contributed by atoms with E-state index in [1.54, 1.807) is 6.07 Å². The van der Waals surface area contributed by atoms with Crippen molar-refractivity contribution >= 4 is 0 Å². The highest BCUT2D eigenvalue weighted by atomic mass is 16.7. The summed E-state index contributed by atoms with van der Waals surface area (Å²) in [5, 5.41) is 9.64. The van der Waals surface area contributed by atoms with Crippen LogP contribution in [0.2, 0.25) is 0 Å². The number of aryl methyl sites for hydroxylation is 1. The fraction of sp³-hybridized carbons (Fsp3) is 0.400.